The van der Waals surface area contributed by atoms with Crippen molar-refractivity contribution in [3.05, 3.63) is 69.7 Å². The fourth-order valence-corrected chi connectivity index (χ4v) is 3.04. The lowest BCUT2D eigenvalue weighted by atomic mass is 9.79. The van der Waals surface area contributed by atoms with Crippen molar-refractivity contribution < 1.29 is 0 Å². The first-order valence-electron chi connectivity index (χ1n) is 7.09. The van der Waals surface area contributed by atoms with Gasteiger partial charge in [0.15, 0.2) is 0 Å². The van der Waals surface area contributed by atoms with E-state index >= 15 is 0 Å². The third-order valence-electron chi connectivity index (χ3n) is 4.19. The molecule has 1 unspecified atom stereocenters. The van der Waals surface area contributed by atoms with Crippen LogP contribution in [0.2, 0.25) is 0 Å². The van der Waals surface area contributed by atoms with E-state index in [0.717, 1.165) is 10.4 Å². The maximum Gasteiger partial charge on any atom is 0.0710 e. The van der Waals surface area contributed by atoms with Crippen molar-refractivity contribution in [2.45, 2.75) is 31.2 Å². The van der Waals surface area contributed by atoms with Crippen molar-refractivity contribution in [3.8, 4) is 0 Å². The zero-order valence-electron chi connectivity index (χ0n) is 11.4. The van der Waals surface area contributed by atoms with Gasteiger partial charge in [-0.15, -0.1) is 0 Å². The maximum absolute atomic E-state index is 5.79. The molecule has 104 valence electrons. The molecule has 0 radical (unpaired) electrons. The average Bonchev–Trinajstić information content (AvgIpc) is 2.40. The quantitative estimate of drug-likeness (QED) is 0.649. The third-order valence-corrected chi connectivity index (χ3v) is 4.72. The van der Waals surface area contributed by atoms with Crippen molar-refractivity contribution in [2.75, 3.05) is 0 Å². The second-order valence-corrected chi connectivity index (χ2v) is 6.36. The zero-order chi connectivity index (χ0) is 13.9. The summed E-state index contributed by atoms with van der Waals surface area (Å²) < 4.78 is 1.08. The average molecular weight is 331 g/mol. The van der Waals surface area contributed by atoms with E-state index in [1.807, 2.05) is 0 Å². The van der Waals surface area contributed by atoms with E-state index in [1.165, 1.54) is 36.0 Å². The normalized spacial score (nSPS) is 16.7. The van der Waals surface area contributed by atoms with Gasteiger partial charge in [0.05, 0.1) is 6.04 Å². The lowest BCUT2D eigenvalue weighted by Crippen LogP contribution is -2.29. The number of benzene rings is 2. The first-order chi connectivity index (χ1) is 9.78. The van der Waals surface area contributed by atoms with Gasteiger partial charge < -0.3 is 0 Å². The lowest BCUT2D eigenvalue weighted by Gasteiger charge is -2.27. The Bertz CT molecular complexity index is 576. The molecule has 0 heterocycles. The van der Waals surface area contributed by atoms with Crippen molar-refractivity contribution in [3.63, 3.8) is 0 Å². The first-order valence-corrected chi connectivity index (χ1v) is 7.88. The summed E-state index contributed by atoms with van der Waals surface area (Å²) >= 11 is 3.47. The molecular weight excluding hydrogens is 312 g/mol. The molecule has 1 aliphatic rings. The Kier molecular flexibility index (Phi) is 4.20. The fraction of sp³-hybridized carbons (Fsp3) is 0.294. The van der Waals surface area contributed by atoms with E-state index in [-0.39, 0.29) is 6.04 Å². The van der Waals surface area contributed by atoms with Gasteiger partial charge in [0.2, 0.25) is 0 Å². The van der Waals surface area contributed by atoms with E-state index in [1.54, 1.807) is 0 Å². The van der Waals surface area contributed by atoms with Crippen LogP contribution in [0.4, 0.5) is 0 Å². The SMILES string of the molecule is NNC(c1ccc(Br)cc1)c1cccc(C2CCC2)c1. The summed E-state index contributed by atoms with van der Waals surface area (Å²) in [5, 5.41) is 0. The van der Waals surface area contributed by atoms with Gasteiger partial charge in [-0.25, -0.2) is 5.43 Å². The minimum absolute atomic E-state index is 0.0446. The predicted octanol–water partition coefficient (Wildman–Crippen LogP) is 4.27. The molecule has 0 aromatic heterocycles. The second kappa shape index (κ2) is 6.08. The van der Waals surface area contributed by atoms with Crippen LogP contribution < -0.4 is 11.3 Å². The monoisotopic (exact) mass is 330 g/mol. The van der Waals surface area contributed by atoms with Crippen LogP contribution in [-0.2, 0) is 0 Å². The topological polar surface area (TPSA) is 38.0 Å². The van der Waals surface area contributed by atoms with Crippen molar-refractivity contribution in [1.82, 2.24) is 5.43 Å². The lowest BCUT2D eigenvalue weighted by molar-refractivity contribution is 0.419. The van der Waals surface area contributed by atoms with Gasteiger partial charge in [0.25, 0.3) is 0 Å². The van der Waals surface area contributed by atoms with Crippen molar-refractivity contribution >= 4 is 15.9 Å². The Hall–Kier alpha value is -1.16. The molecule has 2 aromatic carbocycles. The zero-order valence-corrected chi connectivity index (χ0v) is 12.9. The Morgan fingerprint density at radius 1 is 1.05 bits per heavy atom. The smallest absolute Gasteiger partial charge is 0.0710 e. The molecule has 2 aromatic rings. The van der Waals surface area contributed by atoms with Crippen LogP contribution in [0.15, 0.2) is 53.0 Å². The summed E-state index contributed by atoms with van der Waals surface area (Å²) in [6.07, 6.45) is 4.01. The van der Waals surface area contributed by atoms with Crippen LogP contribution in [-0.4, -0.2) is 0 Å². The molecule has 1 fully saturated rings. The van der Waals surface area contributed by atoms with E-state index in [9.17, 15) is 0 Å². The minimum Gasteiger partial charge on any atom is -0.271 e. The van der Waals surface area contributed by atoms with Crippen molar-refractivity contribution in [1.29, 1.82) is 0 Å². The molecule has 0 aliphatic heterocycles. The van der Waals surface area contributed by atoms with Crippen LogP contribution in [0.3, 0.4) is 0 Å². The summed E-state index contributed by atoms with van der Waals surface area (Å²) in [6, 6.07) is 17.2. The van der Waals surface area contributed by atoms with Gasteiger partial charge in [-0.2, -0.15) is 0 Å². The molecular formula is C17H19BrN2. The van der Waals surface area contributed by atoms with E-state index in [0.29, 0.717) is 0 Å². The van der Waals surface area contributed by atoms with E-state index in [4.69, 9.17) is 5.84 Å². The Morgan fingerprint density at radius 3 is 2.40 bits per heavy atom. The highest BCUT2D eigenvalue weighted by atomic mass is 79.9. The summed E-state index contributed by atoms with van der Waals surface area (Å²) in [5.41, 5.74) is 6.81. The number of halogens is 1. The molecule has 1 atom stereocenters. The summed E-state index contributed by atoms with van der Waals surface area (Å²) in [4.78, 5) is 0. The number of nitrogens with one attached hydrogen (secondary N) is 1. The molecule has 3 rings (SSSR count). The van der Waals surface area contributed by atoms with Gasteiger partial charge >= 0.3 is 0 Å². The van der Waals surface area contributed by atoms with Gasteiger partial charge in [-0.05, 0) is 47.6 Å². The number of hydrazine groups is 1. The summed E-state index contributed by atoms with van der Waals surface area (Å²) in [7, 11) is 0. The number of nitrogens with two attached hydrogens (primary N) is 1. The summed E-state index contributed by atoms with van der Waals surface area (Å²) in [6.45, 7) is 0. The van der Waals surface area contributed by atoms with Crippen LogP contribution >= 0.6 is 15.9 Å². The Balaban J connectivity index is 1.90. The molecule has 0 spiro atoms. The highest BCUT2D eigenvalue weighted by Gasteiger charge is 2.21. The van der Waals surface area contributed by atoms with Crippen LogP contribution in [0.1, 0.15) is 47.9 Å². The predicted molar refractivity (Wildman–Crippen MR) is 86.3 cm³/mol. The standard InChI is InChI=1S/C17H19BrN2/c18-16-9-7-13(8-10-16)17(20-19)15-6-2-5-14(11-15)12-3-1-4-12/h2,5-12,17,20H,1,3-4,19H2. The van der Waals surface area contributed by atoms with Gasteiger partial charge in [-0.3, -0.25) is 5.84 Å². The maximum atomic E-state index is 5.79. The molecule has 3 heteroatoms. The van der Waals surface area contributed by atoms with E-state index < -0.39 is 0 Å². The van der Waals surface area contributed by atoms with Gasteiger partial charge in [0, 0.05) is 4.47 Å². The van der Waals surface area contributed by atoms with E-state index in [2.05, 4.69) is 69.9 Å². The first kappa shape index (κ1) is 13.8. The molecule has 0 amide bonds. The molecule has 3 N–H and O–H groups in total. The van der Waals surface area contributed by atoms with Crippen LogP contribution in [0.25, 0.3) is 0 Å². The minimum atomic E-state index is 0.0446. The number of hydrogen-bond acceptors (Lipinski definition) is 2. The Labute approximate surface area is 128 Å². The highest BCUT2D eigenvalue weighted by Crippen LogP contribution is 2.37. The van der Waals surface area contributed by atoms with Gasteiger partial charge in [-0.1, -0.05) is 58.7 Å². The molecule has 1 saturated carbocycles. The number of rotatable bonds is 4. The largest absolute Gasteiger partial charge is 0.271 e. The Morgan fingerprint density at radius 2 is 1.80 bits per heavy atom. The molecule has 20 heavy (non-hydrogen) atoms. The van der Waals surface area contributed by atoms with Crippen LogP contribution in [0.5, 0.6) is 0 Å². The summed E-state index contributed by atoms with van der Waals surface area (Å²) in [5.74, 6) is 6.53. The van der Waals surface area contributed by atoms with Crippen LogP contribution in [0, 0.1) is 0 Å². The number of hydrogen-bond donors (Lipinski definition) is 2. The third kappa shape index (κ3) is 2.80. The van der Waals surface area contributed by atoms with Gasteiger partial charge in [0.1, 0.15) is 0 Å². The molecule has 1 aliphatic carbocycles. The molecule has 2 nitrogen and oxygen atoms in total. The highest BCUT2D eigenvalue weighted by molar-refractivity contribution is 9.10. The molecule has 0 saturated heterocycles. The fourth-order valence-electron chi connectivity index (χ4n) is 2.77. The second-order valence-electron chi connectivity index (χ2n) is 5.45. The molecule has 0 bridgehead atoms. The van der Waals surface area contributed by atoms with Crippen molar-refractivity contribution in [2.24, 2.45) is 5.84 Å².